The number of aliphatic hydroxyl groups excluding tert-OH is 2. The van der Waals surface area contributed by atoms with Crippen molar-refractivity contribution in [1.82, 2.24) is 4.90 Å². The van der Waals surface area contributed by atoms with E-state index in [9.17, 15) is 5.11 Å². The van der Waals surface area contributed by atoms with Crippen molar-refractivity contribution in [2.45, 2.75) is 37.8 Å². The third-order valence-corrected chi connectivity index (χ3v) is 2.71. The molecule has 0 bridgehead atoms. The van der Waals surface area contributed by atoms with Gasteiger partial charge in [0.25, 0.3) is 0 Å². The van der Waals surface area contributed by atoms with Crippen LogP contribution in [0.4, 0.5) is 0 Å². The first kappa shape index (κ1) is 9.96. The number of aliphatic hydroxyl groups is 2. The maximum atomic E-state index is 9.64. The van der Waals surface area contributed by atoms with Crippen molar-refractivity contribution < 1.29 is 10.2 Å². The molecule has 3 heteroatoms. The van der Waals surface area contributed by atoms with Crippen molar-refractivity contribution in [2.24, 2.45) is 0 Å². The van der Waals surface area contributed by atoms with Crippen LogP contribution < -0.4 is 0 Å². The second kappa shape index (κ2) is 4.80. The molecule has 1 saturated carbocycles. The fourth-order valence-corrected chi connectivity index (χ4v) is 1.93. The van der Waals surface area contributed by atoms with Gasteiger partial charge >= 0.3 is 0 Å². The molecule has 0 unspecified atom stereocenters. The Morgan fingerprint density at radius 1 is 1.33 bits per heavy atom. The maximum Gasteiger partial charge on any atom is 0.0695 e. The first-order valence-electron chi connectivity index (χ1n) is 4.75. The average Bonchev–Trinajstić information content (AvgIpc) is 2.05. The lowest BCUT2D eigenvalue weighted by molar-refractivity contribution is 0.0258. The molecule has 0 spiro atoms. The minimum atomic E-state index is -0.185. The molecule has 3 nitrogen and oxygen atoms in total. The van der Waals surface area contributed by atoms with Crippen LogP contribution in [0.5, 0.6) is 0 Å². The molecule has 0 aromatic carbocycles. The first-order chi connectivity index (χ1) is 5.75. The van der Waals surface area contributed by atoms with Crippen molar-refractivity contribution in [3.63, 3.8) is 0 Å². The van der Waals surface area contributed by atoms with E-state index >= 15 is 0 Å². The largest absolute Gasteiger partial charge is 0.395 e. The van der Waals surface area contributed by atoms with Crippen LogP contribution in [0.25, 0.3) is 0 Å². The molecule has 1 aliphatic rings. The molecule has 2 N–H and O–H groups in total. The van der Waals surface area contributed by atoms with Gasteiger partial charge in [0.1, 0.15) is 0 Å². The first-order valence-corrected chi connectivity index (χ1v) is 4.75. The number of likely N-dealkylation sites (N-methyl/N-ethyl adjacent to an activating group) is 1. The predicted octanol–water partition coefficient (Wildman–Crippen LogP) is 0.214. The average molecular weight is 173 g/mol. The second-order valence-corrected chi connectivity index (χ2v) is 3.62. The quantitative estimate of drug-likeness (QED) is 0.641. The third-order valence-electron chi connectivity index (χ3n) is 2.71. The molecule has 0 aromatic heterocycles. The standard InChI is InChI=1S/C9H19NO2/c1-10(6-7-11)8-4-2-3-5-9(8)12/h8-9,11-12H,2-7H2,1H3/t8-,9-/m1/s1. The summed E-state index contributed by atoms with van der Waals surface area (Å²) in [7, 11) is 1.97. The highest BCUT2D eigenvalue weighted by Crippen LogP contribution is 2.21. The minimum Gasteiger partial charge on any atom is -0.395 e. The zero-order valence-corrected chi connectivity index (χ0v) is 7.74. The van der Waals surface area contributed by atoms with Crippen LogP contribution in [0, 0.1) is 0 Å². The lowest BCUT2D eigenvalue weighted by Crippen LogP contribution is -2.44. The van der Waals surface area contributed by atoms with E-state index in [-0.39, 0.29) is 18.8 Å². The highest BCUT2D eigenvalue weighted by atomic mass is 16.3. The Hall–Kier alpha value is -0.120. The van der Waals surface area contributed by atoms with Gasteiger partial charge in [-0.15, -0.1) is 0 Å². The molecule has 0 aromatic rings. The van der Waals surface area contributed by atoms with Crippen LogP contribution in [0.1, 0.15) is 25.7 Å². The van der Waals surface area contributed by atoms with Gasteiger partial charge < -0.3 is 10.2 Å². The summed E-state index contributed by atoms with van der Waals surface area (Å²) in [4.78, 5) is 2.06. The van der Waals surface area contributed by atoms with Crippen LogP contribution in [0.15, 0.2) is 0 Å². The van der Waals surface area contributed by atoms with Gasteiger partial charge in [0.05, 0.1) is 12.7 Å². The minimum absolute atomic E-state index is 0.180. The van der Waals surface area contributed by atoms with Gasteiger partial charge in [0, 0.05) is 12.6 Å². The molecule has 1 fully saturated rings. The van der Waals surface area contributed by atoms with Gasteiger partial charge in [-0.05, 0) is 19.9 Å². The molecular weight excluding hydrogens is 154 g/mol. The van der Waals surface area contributed by atoms with E-state index in [1.54, 1.807) is 0 Å². The summed E-state index contributed by atoms with van der Waals surface area (Å²) in [6.07, 6.45) is 4.15. The fourth-order valence-electron chi connectivity index (χ4n) is 1.93. The number of hydrogen-bond acceptors (Lipinski definition) is 3. The zero-order chi connectivity index (χ0) is 8.97. The fraction of sp³-hybridized carbons (Fsp3) is 1.00. The topological polar surface area (TPSA) is 43.7 Å². The Balaban J connectivity index is 2.36. The lowest BCUT2D eigenvalue weighted by atomic mass is 9.92. The molecule has 1 aliphatic carbocycles. The van der Waals surface area contributed by atoms with E-state index < -0.39 is 0 Å². The van der Waals surface area contributed by atoms with Gasteiger partial charge in [-0.2, -0.15) is 0 Å². The van der Waals surface area contributed by atoms with Crippen molar-refractivity contribution >= 4 is 0 Å². The lowest BCUT2D eigenvalue weighted by Gasteiger charge is -2.34. The van der Waals surface area contributed by atoms with Crippen molar-refractivity contribution in [3.8, 4) is 0 Å². The highest BCUT2D eigenvalue weighted by Gasteiger charge is 2.25. The number of rotatable bonds is 3. The van der Waals surface area contributed by atoms with E-state index in [2.05, 4.69) is 4.90 Å². The van der Waals surface area contributed by atoms with Crippen LogP contribution >= 0.6 is 0 Å². The Labute approximate surface area is 74.0 Å². The third kappa shape index (κ3) is 2.44. The summed E-state index contributed by atoms with van der Waals surface area (Å²) in [5, 5.41) is 18.4. The number of nitrogens with zero attached hydrogens (tertiary/aromatic N) is 1. The van der Waals surface area contributed by atoms with E-state index in [1.165, 1.54) is 6.42 Å². The van der Waals surface area contributed by atoms with E-state index in [0.717, 1.165) is 19.3 Å². The molecule has 0 amide bonds. The Morgan fingerprint density at radius 3 is 2.58 bits per heavy atom. The summed E-state index contributed by atoms with van der Waals surface area (Å²) in [5.74, 6) is 0. The summed E-state index contributed by atoms with van der Waals surface area (Å²) in [6.45, 7) is 0.849. The van der Waals surface area contributed by atoms with Gasteiger partial charge in [-0.3, -0.25) is 4.90 Å². The second-order valence-electron chi connectivity index (χ2n) is 3.62. The van der Waals surface area contributed by atoms with Gasteiger partial charge in [0.15, 0.2) is 0 Å². The molecule has 72 valence electrons. The van der Waals surface area contributed by atoms with Crippen LogP contribution in [-0.2, 0) is 0 Å². The normalized spacial score (nSPS) is 31.0. The summed E-state index contributed by atoms with van der Waals surface area (Å²) < 4.78 is 0. The molecular formula is C9H19NO2. The van der Waals surface area contributed by atoms with E-state index in [1.807, 2.05) is 7.05 Å². The Morgan fingerprint density at radius 2 is 2.00 bits per heavy atom. The predicted molar refractivity (Wildman–Crippen MR) is 48.0 cm³/mol. The number of hydrogen-bond donors (Lipinski definition) is 2. The van der Waals surface area contributed by atoms with Gasteiger partial charge in [-0.1, -0.05) is 12.8 Å². The smallest absolute Gasteiger partial charge is 0.0695 e. The monoisotopic (exact) mass is 173 g/mol. The van der Waals surface area contributed by atoms with Gasteiger partial charge in [-0.25, -0.2) is 0 Å². The van der Waals surface area contributed by atoms with Crippen LogP contribution in [0.3, 0.4) is 0 Å². The van der Waals surface area contributed by atoms with Crippen molar-refractivity contribution in [2.75, 3.05) is 20.2 Å². The summed E-state index contributed by atoms with van der Waals surface area (Å²) in [6, 6.07) is 0.269. The molecule has 0 aliphatic heterocycles. The zero-order valence-electron chi connectivity index (χ0n) is 7.74. The van der Waals surface area contributed by atoms with Crippen LogP contribution in [0.2, 0.25) is 0 Å². The molecule has 0 radical (unpaired) electrons. The molecule has 0 saturated heterocycles. The van der Waals surface area contributed by atoms with Crippen molar-refractivity contribution in [3.05, 3.63) is 0 Å². The maximum absolute atomic E-state index is 9.64. The summed E-state index contributed by atoms with van der Waals surface area (Å²) in [5.41, 5.74) is 0. The molecule has 1 rings (SSSR count). The van der Waals surface area contributed by atoms with E-state index in [4.69, 9.17) is 5.11 Å². The highest BCUT2D eigenvalue weighted by molar-refractivity contribution is 4.81. The molecule has 0 heterocycles. The van der Waals surface area contributed by atoms with E-state index in [0.29, 0.717) is 6.54 Å². The van der Waals surface area contributed by atoms with Gasteiger partial charge in [0.2, 0.25) is 0 Å². The molecule has 2 atom stereocenters. The molecule has 12 heavy (non-hydrogen) atoms. The SMILES string of the molecule is CN(CCO)[C@@H]1CCCC[C@H]1O. The Bertz CT molecular complexity index is 130. The Kier molecular flexibility index (Phi) is 3.98. The summed E-state index contributed by atoms with van der Waals surface area (Å²) >= 11 is 0. The van der Waals surface area contributed by atoms with Crippen LogP contribution in [-0.4, -0.2) is 47.5 Å². The van der Waals surface area contributed by atoms with Crippen molar-refractivity contribution in [1.29, 1.82) is 0 Å².